The SMILES string of the molecule is Cc1ccccc1SCC(=O)N(C)CC1(O)CCOCC1. The minimum Gasteiger partial charge on any atom is -0.388 e. The fraction of sp³-hybridized carbons (Fsp3) is 0.562. The number of benzene rings is 1. The largest absolute Gasteiger partial charge is 0.388 e. The third-order valence-electron chi connectivity index (χ3n) is 3.83. The maximum Gasteiger partial charge on any atom is 0.232 e. The van der Waals surface area contributed by atoms with E-state index in [1.165, 1.54) is 5.56 Å². The van der Waals surface area contributed by atoms with Crippen molar-refractivity contribution >= 4 is 17.7 Å². The first kappa shape index (κ1) is 16.3. The lowest BCUT2D eigenvalue weighted by Crippen LogP contribution is -2.47. The van der Waals surface area contributed by atoms with Crippen LogP contribution in [0.4, 0.5) is 0 Å². The number of amides is 1. The molecule has 1 saturated heterocycles. The van der Waals surface area contributed by atoms with Crippen molar-refractivity contribution in [2.24, 2.45) is 0 Å². The summed E-state index contributed by atoms with van der Waals surface area (Å²) in [5, 5.41) is 10.4. The van der Waals surface area contributed by atoms with Crippen molar-refractivity contribution < 1.29 is 14.6 Å². The van der Waals surface area contributed by atoms with Crippen LogP contribution in [0.2, 0.25) is 0 Å². The molecule has 1 N–H and O–H groups in total. The summed E-state index contributed by atoms with van der Waals surface area (Å²) >= 11 is 1.55. The van der Waals surface area contributed by atoms with Gasteiger partial charge >= 0.3 is 0 Å². The molecule has 1 heterocycles. The fourth-order valence-electron chi connectivity index (χ4n) is 2.41. The second-order valence-corrected chi connectivity index (χ2v) is 6.66. The second-order valence-electron chi connectivity index (χ2n) is 5.64. The Hall–Kier alpha value is -1.04. The van der Waals surface area contributed by atoms with E-state index in [-0.39, 0.29) is 5.91 Å². The van der Waals surface area contributed by atoms with Crippen molar-refractivity contribution in [1.29, 1.82) is 0 Å². The molecular formula is C16H23NO3S. The van der Waals surface area contributed by atoms with Gasteiger partial charge in [-0.2, -0.15) is 0 Å². The summed E-state index contributed by atoms with van der Waals surface area (Å²) in [7, 11) is 1.76. The molecule has 0 aliphatic carbocycles. The number of aliphatic hydroxyl groups is 1. The highest BCUT2D eigenvalue weighted by Crippen LogP contribution is 2.24. The lowest BCUT2D eigenvalue weighted by Gasteiger charge is -2.35. The Balaban J connectivity index is 1.84. The van der Waals surface area contributed by atoms with E-state index in [0.717, 1.165) is 4.90 Å². The lowest BCUT2D eigenvalue weighted by atomic mass is 9.94. The van der Waals surface area contributed by atoms with Crippen LogP contribution >= 0.6 is 11.8 Å². The van der Waals surface area contributed by atoms with Crippen molar-refractivity contribution in [1.82, 2.24) is 4.90 Å². The summed E-state index contributed by atoms with van der Waals surface area (Å²) in [6, 6.07) is 8.04. The number of ether oxygens (including phenoxy) is 1. The zero-order valence-corrected chi connectivity index (χ0v) is 13.5. The zero-order valence-electron chi connectivity index (χ0n) is 12.7. The van der Waals surface area contributed by atoms with Crippen LogP contribution in [0, 0.1) is 6.92 Å². The van der Waals surface area contributed by atoms with Gasteiger partial charge in [0.25, 0.3) is 0 Å². The van der Waals surface area contributed by atoms with Crippen LogP contribution in [0.1, 0.15) is 18.4 Å². The number of rotatable bonds is 5. The van der Waals surface area contributed by atoms with Crippen LogP contribution in [-0.2, 0) is 9.53 Å². The third kappa shape index (κ3) is 4.73. The molecule has 21 heavy (non-hydrogen) atoms. The summed E-state index contributed by atoms with van der Waals surface area (Å²) in [5.41, 5.74) is 0.386. The zero-order chi connectivity index (χ0) is 15.3. The summed E-state index contributed by atoms with van der Waals surface area (Å²) in [6.45, 7) is 3.55. The van der Waals surface area contributed by atoms with Gasteiger partial charge in [-0.3, -0.25) is 4.79 Å². The van der Waals surface area contributed by atoms with E-state index in [1.807, 2.05) is 31.2 Å². The van der Waals surface area contributed by atoms with Gasteiger partial charge in [0.1, 0.15) is 0 Å². The number of likely N-dealkylation sites (N-methyl/N-ethyl adjacent to an activating group) is 1. The molecule has 0 saturated carbocycles. The van der Waals surface area contributed by atoms with Crippen LogP contribution in [0.3, 0.4) is 0 Å². The number of carbonyl (C=O) groups is 1. The van der Waals surface area contributed by atoms with Crippen LogP contribution in [-0.4, -0.2) is 54.1 Å². The third-order valence-corrected chi connectivity index (χ3v) is 4.99. The standard InChI is InChI=1S/C16H23NO3S/c1-13-5-3-4-6-14(13)21-11-15(18)17(2)12-16(19)7-9-20-10-8-16/h3-6,19H,7-12H2,1-2H3. The predicted molar refractivity (Wildman–Crippen MR) is 84.5 cm³/mol. The van der Waals surface area contributed by atoms with E-state index in [1.54, 1.807) is 23.7 Å². The van der Waals surface area contributed by atoms with E-state index in [2.05, 4.69) is 0 Å². The van der Waals surface area contributed by atoms with Gasteiger partial charge in [0.15, 0.2) is 0 Å². The Labute approximate surface area is 130 Å². The van der Waals surface area contributed by atoms with Crippen LogP contribution in [0.15, 0.2) is 29.2 Å². The highest BCUT2D eigenvalue weighted by atomic mass is 32.2. The topological polar surface area (TPSA) is 49.8 Å². The first-order valence-electron chi connectivity index (χ1n) is 7.23. The highest BCUT2D eigenvalue weighted by molar-refractivity contribution is 8.00. The van der Waals surface area contributed by atoms with Gasteiger partial charge < -0.3 is 14.7 Å². The van der Waals surface area contributed by atoms with Crippen LogP contribution < -0.4 is 0 Å². The van der Waals surface area contributed by atoms with Gasteiger partial charge in [0.05, 0.1) is 11.4 Å². The Morgan fingerprint density at radius 3 is 2.71 bits per heavy atom. The molecule has 5 heteroatoms. The van der Waals surface area contributed by atoms with Crippen molar-refractivity contribution in [2.75, 3.05) is 32.6 Å². The number of nitrogens with zero attached hydrogens (tertiary/aromatic N) is 1. The van der Waals surface area contributed by atoms with Crippen molar-refractivity contribution in [3.05, 3.63) is 29.8 Å². The summed E-state index contributed by atoms with van der Waals surface area (Å²) < 4.78 is 5.26. The van der Waals surface area contributed by atoms with E-state index < -0.39 is 5.60 Å². The first-order chi connectivity index (χ1) is 10.0. The van der Waals surface area contributed by atoms with E-state index >= 15 is 0 Å². The number of aryl methyl sites for hydroxylation is 1. The molecule has 1 aliphatic heterocycles. The number of hydrogen-bond donors (Lipinski definition) is 1. The molecular weight excluding hydrogens is 286 g/mol. The van der Waals surface area contributed by atoms with Gasteiger partial charge in [0, 0.05) is 44.5 Å². The molecule has 0 aromatic heterocycles. The monoisotopic (exact) mass is 309 g/mol. The molecule has 116 valence electrons. The van der Waals surface area contributed by atoms with Gasteiger partial charge in [0.2, 0.25) is 5.91 Å². The summed E-state index contributed by atoms with van der Waals surface area (Å²) in [5.74, 6) is 0.441. The van der Waals surface area contributed by atoms with Gasteiger partial charge in [-0.15, -0.1) is 11.8 Å². The van der Waals surface area contributed by atoms with Gasteiger partial charge in [-0.05, 0) is 18.6 Å². The smallest absolute Gasteiger partial charge is 0.232 e. The molecule has 0 bridgehead atoms. The van der Waals surface area contributed by atoms with Crippen molar-refractivity contribution in [3.8, 4) is 0 Å². The van der Waals surface area contributed by atoms with Crippen molar-refractivity contribution in [3.63, 3.8) is 0 Å². The Morgan fingerprint density at radius 2 is 2.05 bits per heavy atom. The summed E-state index contributed by atoms with van der Waals surface area (Å²) in [6.07, 6.45) is 1.19. The van der Waals surface area contributed by atoms with Crippen LogP contribution in [0.5, 0.6) is 0 Å². The molecule has 0 spiro atoms. The Morgan fingerprint density at radius 1 is 1.38 bits per heavy atom. The van der Waals surface area contributed by atoms with E-state index in [9.17, 15) is 9.90 Å². The first-order valence-corrected chi connectivity index (χ1v) is 8.21. The molecule has 2 rings (SSSR count). The lowest BCUT2D eigenvalue weighted by molar-refractivity contribution is -0.134. The maximum atomic E-state index is 12.2. The van der Waals surface area contributed by atoms with E-state index in [4.69, 9.17) is 4.74 Å². The number of carbonyl (C=O) groups excluding carboxylic acids is 1. The summed E-state index contributed by atoms with van der Waals surface area (Å²) in [4.78, 5) is 15.0. The fourth-order valence-corrected chi connectivity index (χ4v) is 3.38. The average molecular weight is 309 g/mol. The molecule has 1 aliphatic rings. The minimum atomic E-state index is -0.796. The number of thioether (sulfide) groups is 1. The quantitative estimate of drug-likeness (QED) is 0.846. The van der Waals surface area contributed by atoms with Crippen LogP contribution in [0.25, 0.3) is 0 Å². The van der Waals surface area contributed by atoms with E-state index in [0.29, 0.717) is 38.4 Å². The minimum absolute atomic E-state index is 0.0446. The van der Waals surface area contributed by atoms with Gasteiger partial charge in [-0.1, -0.05) is 18.2 Å². The molecule has 4 nitrogen and oxygen atoms in total. The molecule has 1 fully saturated rings. The Kier molecular flexibility index (Phi) is 5.67. The predicted octanol–water partition coefficient (Wildman–Crippen LogP) is 2.09. The van der Waals surface area contributed by atoms with Gasteiger partial charge in [-0.25, -0.2) is 0 Å². The van der Waals surface area contributed by atoms with Crippen molar-refractivity contribution in [2.45, 2.75) is 30.3 Å². The Bertz CT molecular complexity index is 486. The molecule has 0 atom stereocenters. The molecule has 0 radical (unpaired) electrons. The highest BCUT2D eigenvalue weighted by Gasteiger charge is 2.32. The number of hydrogen-bond acceptors (Lipinski definition) is 4. The normalized spacial score (nSPS) is 17.5. The molecule has 1 amide bonds. The maximum absolute atomic E-state index is 12.2. The average Bonchev–Trinajstić information content (AvgIpc) is 2.46. The molecule has 1 aromatic rings. The second kappa shape index (κ2) is 7.29. The molecule has 0 unspecified atom stereocenters. The molecule has 1 aromatic carbocycles.